The second kappa shape index (κ2) is 6.15. The van der Waals surface area contributed by atoms with E-state index in [0.717, 1.165) is 38.8 Å². The van der Waals surface area contributed by atoms with Crippen molar-refractivity contribution in [3.8, 4) is 0 Å². The first-order chi connectivity index (χ1) is 9.38. The molecule has 0 aromatic carbocycles. The van der Waals surface area contributed by atoms with Crippen LogP contribution in [-0.4, -0.2) is 36.3 Å². The first-order valence-electron chi connectivity index (χ1n) is 7.95. The Morgan fingerprint density at radius 2 is 1.85 bits per heavy atom. The lowest BCUT2D eigenvalue weighted by Crippen LogP contribution is -2.47. The summed E-state index contributed by atoms with van der Waals surface area (Å²) in [6, 6.07) is 0. The Morgan fingerprint density at radius 3 is 2.40 bits per heavy atom. The minimum Gasteiger partial charge on any atom is -0.355 e. The number of hydrogen-bond acceptors (Lipinski definition) is 2. The molecular weight excluding hydrogens is 252 g/mol. The van der Waals surface area contributed by atoms with Crippen molar-refractivity contribution in [3.63, 3.8) is 0 Å². The SMILES string of the molecule is CC(C)(C)C(=O)NC[C@@H]1CCCN(C(=O)C2CCC2)C1. The van der Waals surface area contributed by atoms with Crippen LogP contribution >= 0.6 is 0 Å². The number of nitrogens with zero attached hydrogens (tertiary/aromatic N) is 1. The molecule has 1 saturated heterocycles. The second-order valence-corrected chi connectivity index (χ2v) is 7.38. The van der Waals surface area contributed by atoms with E-state index in [4.69, 9.17) is 0 Å². The summed E-state index contributed by atoms with van der Waals surface area (Å²) in [5.74, 6) is 1.15. The van der Waals surface area contributed by atoms with Gasteiger partial charge in [-0.2, -0.15) is 0 Å². The van der Waals surface area contributed by atoms with Crippen LogP contribution in [0.1, 0.15) is 52.9 Å². The number of carbonyl (C=O) groups is 2. The van der Waals surface area contributed by atoms with Crippen molar-refractivity contribution < 1.29 is 9.59 Å². The molecule has 0 aromatic heterocycles. The topological polar surface area (TPSA) is 49.4 Å². The van der Waals surface area contributed by atoms with Gasteiger partial charge in [0.2, 0.25) is 11.8 Å². The monoisotopic (exact) mass is 280 g/mol. The van der Waals surface area contributed by atoms with Crippen LogP contribution in [0, 0.1) is 17.3 Å². The van der Waals surface area contributed by atoms with Crippen LogP contribution < -0.4 is 5.32 Å². The highest BCUT2D eigenvalue weighted by Gasteiger charge is 2.32. The quantitative estimate of drug-likeness (QED) is 0.861. The minimum absolute atomic E-state index is 0.0972. The van der Waals surface area contributed by atoms with Crippen LogP contribution in [0.3, 0.4) is 0 Å². The molecule has 4 heteroatoms. The van der Waals surface area contributed by atoms with E-state index in [9.17, 15) is 9.59 Å². The molecule has 2 amide bonds. The first kappa shape index (κ1) is 15.3. The van der Waals surface area contributed by atoms with Gasteiger partial charge in [-0.1, -0.05) is 27.2 Å². The molecule has 1 saturated carbocycles. The Bertz CT molecular complexity index is 369. The Kier molecular flexibility index (Phi) is 4.71. The third kappa shape index (κ3) is 3.74. The number of hydrogen-bond donors (Lipinski definition) is 1. The average Bonchev–Trinajstić information content (AvgIpc) is 2.33. The minimum atomic E-state index is -0.337. The van der Waals surface area contributed by atoms with Gasteiger partial charge in [0.25, 0.3) is 0 Å². The van der Waals surface area contributed by atoms with Crippen LogP contribution in [0.15, 0.2) is 0 Å². The summed E-state index contributed by atoms with van der Waals surface area (Å²) < 4.78 is 0. The Hall–Kier alpha value is -1.06. The summed E-state index contributed by atoms with van der Waals surface area (Å²) in [4.78, 5) is 26.2. The fourth-order valence-electron chi connectivity index (χ4n) is 2.85. The zero-order chi connectivity index (χ0) is 14.8. The molecular formula is C16H28N2O2. The summed E-state index contributed by atoms with van der Waals surface area (Å²) in [6.45, 7) is 8.20. The molecule has 1 N–H and O–H groups in total. The van der Waals surface area contributed by atoms with E-state index in [1.54, 1.807) is 0 Å². The van der Waals surface area contributed by atoms with Crippen LogP contribution in [0.25, 0.3) is 0 Å². The van der Waals surface area contributed by atoms with Gasteiger partial charge in [-0.15, -0.1) is 0 Å². The fourth-order valence-corrected chi connectivity index (χ4v) is 2.85. The highest BCUT2D eigenvalue weighted by molar-refractivity contribution is 5.81. The number of amides is 2. The first-order valence-corrected chi connectivity index (χ1v) is 7.95. The smallest absolute Gasteiger partial charge is 0.225 e. The molecule has 1 aliphatic heterocycles. The second-order valence-electron chi connectivity index (χ2n) is 7.38. The lowest BCUT2D eigenvalue weighted by Gasteiger charge is -2.37. The van der Waals surface area contributed by atoms with Gasteiger partial charge in [-0.25, -0.2) is 0 Å². The summed E-state index contributed by atoms with van der Waals surface area (Å²) in [5, 5.41) is 3.03. The number of rotatable bonds is 3. The van der Waals surface area contributed by atoms with Crippen molar-refractivity contribution in [1.82, 2.24) is 10.2 Å². The van der Waals surface area contributed by atoms with Crippen molar-refractivity contribution in [3.05, 3.63) is 0 Å². The van der Waals surface area contributed by atoms with Crippen molar-refractivity contribution in [2.24, 2.45) is 17.3 Å². The maximum atomic E-state index is 12.3. The van der Waals surface area contributed by atoms with Crippen molar-refractivity contribution in [1.29, 1.82) is 0 Å². The van der Waals surface area contributed by atoms with Gasteiger partial charge >= 0.3 is 0 Å². The lowest BCUT2D eigenvalue weighted by molar-refractivity contribution is -0.140. The molecule has 0 aromatic rings. The van der Waals surface area contributed by atoms with E-state index >= 15 is 0 Å². The fraction of sp³-hybridized carbons (Fsp3) is 0.875. The predicted molar refractivity (Wildman–Crippen MR) is 79.1 cm³/mol. The molecule has 1 heterocycles. The molecule has 1 atom stereocenters. The molecule has 0 spiro atoms. The van der Waals surface area contributed by atoms with Gasteiger partial charge in [0.05, 0.1) is 0 Å². The maximum Gasteiger partial charge on any atom is 0.225 e. The maximum absolute atomic E-state index is 12.3. The predicted octanol–water partition coefficient (Wildman–Crippen LogP) is 2.19. The lowest BCUT2D eigenvalue weighted by atomic mass is 9.83. The van der Waals surface area contributed by atoms with Crippen molar-refractivity contribution in [2.45, 2.75) is 52.9 Å². The van der Waals surface area contributed by atoms with Gasteiger partial charge in [-0.3, -0.25) is 9.59 Å². The summed E-state index contributed by atoms with van der Waals surface area (Å²) in [6.07, 6.45) is 5.52. The normalized spacial score (nSPS) is 24.1. The highest BCUT2D eigenvalue weighted by Crippen LogP contribution is 2.30. The third-order valence-corrected chi connectivity index (χ3v) is 4.52. The van der Waals surface area contributed by atoms with Gasteiger partial charge in [0.15, 0.2) is 0 Å². The standard InChI is InChI=1S/C16H28N2O2/c1-16(2,3)15(20)17-10-12-6-5-9-18(11-12)14(19)13-7-4-8-13/h12-13H,4-11H2,1-3H3,(H,17,20)/t12-/m0/s1. The van der Waals surface area contributed by atoms with Crippen LogP contribution in [0.4, 0.5) is 0 Å². The van der Waals surface area contributed by atoms with Crippen LogP contribution in [0.2, 0.25) is 0 Å². The molecule has 2 aliphatic rings. The van der Waals surface area contributed by atoms with E-state index in [0.29, 0.717) is 18.4 Å². The van der Waals surface area contributed by atoms with Gasteiger partial charge in [0, 0.05) is 31.0 Å². The highest BCUT2D eigenvalue weighted by atomic mass is 16.2. The Labute approximate surface area is 122 Å². The van der Waals surface area contributed by atoms with Gasteiger partial charge < -0.3 is 10.2 Å². The number of carbonyl (C=O) groups excluding carboxylic acids is 2. The van der Waals surface area contributed by atoms with Gasteiger partial charge in [0.1, 0.15) is 0 Å². The number of nitrogens with one attached hydrogen (secondary N) is 1. The number of piperidine rings is 1. The molecule has 2 rings (SSSR count). The zero-order valence-electron chi connectivity index (χ0n) is 13.1. The van der Waals surface area contributed by atoms with Crippen molar-refractivity contribution >= 4 is 11.8 Å². The summed E-state index contributed by atoms with van der Waals surface area (Å²) in [5.41, 5.74) is -0.337. The molecule has 0 unspecified atom stereocenters. The molecule has 0 radical (unpaired) electrons. The third-order valence-electron chi connectivity index (χ3n) is 4.52. The molecule has 0 bridgehead atoms. The van der Waals surface area contributed by atoms with E-state index in [1.165, 1.54) is 6.42 Å². The largest absolute Gasteiger partial charge is 0.355 e. The summed E-state index contributed by atoms with van der Waals surface area (Å²) >= 11 is 0. The molecule has 2 fully saturated rings. The molecule has 4 nitrogen and oxygen atoms in total. The Morgan fingerprint density at radius 1 is 1.15 bits per heavy atom. The number of likely N-dealkylation sites (tertiary alicyclic amines) is 1. The molecule has 20 heavy (non-hydrogen) atoms. The van der Waals surface area contributed by atoms with Crippen molar-refractivity contribution in [2.75, 3.05) is 19.6 Å². The molecule has 1 aliphatic carbocycles. The average molecular weight is 280 g/mol. The molecule has 114 valence electrons. The van der Waals surface area contributed by atoms with Gasteiger partial charge in [-0.05, 0) is 31.6 Å². The van der Waals surface area contributed by atoms with Crippen LogP contribution in [-0.2, 0) is 9.59 Å². The Balaban J connectivity index is 1.78. The summed E-state index contributed by atoms with van der Waals surface area (Å²) in [7, 11) is 0. The van der Waals surface area contributed by atoms with E-state index in [1.807, 2.05) is 25.7 Å². The van der Waals surface area contributed by atoms with Crippen LogP contribution in [0.5, 0.6) is 0 Å². The van der Waals surface area contributed by atoms with E-state index in [-0.39, 0.29) is 17.2 Å². The van der Waals surface area contributed by atoms with E-state index in [2.05, 4.69) is 5.32 Å². The van der Waals surface area contributed by atoms with E-state index < -0.39 is 0 Å². The zero-order valence-corrected chi connectivity index (χ0v) is 13.1.